The van der Waals surface area contributed by atoms with Crippen molar-refractivity contribution in [1.82, 2.24) is 0 Å². The number of aliphatic hydroxyl groups is 1. The summed E-state index contributed by atoms with van der Waals surface area (Å²) >= 11 is 0. The summed E-state index contributed by atoms with van der Waals surface area (Å²) in [7, 11) is 0. The molecule has 14 heavy (non-hydrogen) atoms. The molecule has 0 aliphatic carbocycles. The first-order chi connectivity index (χ1) is 6.57. The molecule has 4 nitrogen and oxygen atoms in total. The molecule has 0 bridgehead atoms. The first-order valence-corrected chi connectivity index (χ1v) is 4.64. The second kappa shape index (κ2) is 7.26. The van der Waals surface area contributed by atoms with Gasteiger partial charge in [-0.1, -0.05) is 13.3 Å². The van der Waals surface area contributed by atoms with Crippen molar-refractivity contribution >= 4 is 11.8 Å². The van der Waals surface area contributed by atoms with E-state index in [0.29, 0.717) is 6.61 Å². The van der Waals surface area contributed by atoms with Crippen molar-refractivity contribution < 1.29 is 19.4 Å². The highest BCUT2D eigenvalue weighted by Gasteiger charge is 2.05. The van der Waals surface area contributed by atoms with Crippen LogP contribution in [0.1, 0.15) is 26.7 Å². The molecule has 0 rings (SSSR count). The summed E-state index contributed by atoms with van der Waals surface area (Å²) in [6.07, 6.45) is 2.74. The number of carbonyl (C=O) groups excluding carboxylic acids is 2. The molecule has 0 aromatic heterocycles. The van der Waals surface area contributed by atoms with Crippen LogP contribution in [0.15, 0.2) is 12.2 Å². The summed E-state index contributed by atoms with van der Waals surface area (Å²) in [5, 5.41) is 8.80. The largest absolute Gasteiger partial charge is 0.463 e. The Morgan fingerprint density at radius 3 is 2.57 bits per heavy atom. The zero-order chi connectivity index (χ0) is 11.0. The van der Waals surface area contributed by atoms with Crippen molar-refractivity contribution in [2.24, 2.45) is 0 Å². The number of esters is 1. The minimum Gasteiger partial charge on any atom is -0.463 e. The molecule has 0 unspecified atom stereocenters. The predicted octanol–water partition coefficient (Wildman–Crippen LogP) is 0.836. The van der Waals surface area contributed by atoms with Crippen LogP contribution in [-0.4, -0.2) is 29.6 Å². The summed E-state index contributed by atoms with van der Waals surface area (Å²) in [6.45, 7) is 3.69. The van der Waals surface area contributed by atoms with Crippen LogP contribution in [0.2, 0.25) is 0 Å². The summed E-state index contributed by atoms with van der Waals surface area (Å²) in [5.41, 5.74) is 0. The molecule has 0 radical (unpaired) electrons. The first-order valence-electron chi connectivity index (χ1n) is 4.64. The van der Waals surface area contributed by atoms with E-state index in [1.807, 2.05) is 6.92 Å². The Bertz CT molecular complexity index is 218. The molecule has 1 atom stereocenters. The average molecular weight is 200 g/mol. The molecule has 0 fully saturated rings. The van der Waals surface area contributed by atoms with Crippen LogP contribution < -0.4 is 0 Å². The minimum atomic E-state index is -1.07. The highest BCUT2D eigenvalue weighted by Crippen LogP contribution is 1.91. The Morgan fingerprint density at radius 1 is 1.43 bits per heavy atom. The predicted molar refractivity (Wildman–Crippen MR) is 51.7 cm³/mol. The molecule has 0 saturated heterocycles. The standard InChI is InChI=1S/C10H16O4/c1-3-4-7-14-10(13)6-5-9(12)8(2)11/h5-6,8,11H,3-4,7H2,1-2H3/b6-5+/t8-/m0/s1. The fourth-order valence-electron chi connectivity index (χ4n) is 0.655. The van der Waals surface area contributed by atoms with Gasteiger partial charge in [-0.25, -0.2) is 4.79 Å². The van der Waals surface area contributed by atoms with Gasteiger partial charge in [-0.2, -0.15) is 0 Å². The molecule has 0 saturated carbocycles. The second-order valence-electron chi connectivity index (χ2n) is 2.93. The molecule has 0 aromatic carbocycles. The first kappa shape index (κ1) is 12.8. The van der Waals surface area contributed by atoms with E-state index in [2.05, 4.69) is 0 Å². The molecule has 0 spiro atoms. The van der Waals surface area contributed by atoms with Crippen molar-refractivity contribution in [1.29, 1.82) is 0 Å². The van der Waals surface area contributed by atoms with Gasteiger partial charge >= 0.3 is 5.97 Å². The van der Waals surface area contributed by atoms with E-state index in [9.17, 15) is 9.59 Å². The molecular formula is C10H16O4. The number of unbranched alkanes of at least 4 members (excludes halogenated alkanes) is 1. The van der Waals surface area contributed by atoms with E-state index in [1.54, 1.807) is 0 Å². The van der Waals surface area contributed by atoms with Gasteiger partial charge in [0.15, 0.2) is 5.78 Å². The van der Waals surface area contributed by atoms with Gasteiger partial charge in [-0.15, -0.1) is 0 Å². The maximum atomic E-state index is 10.9. The Kier molecular flexibility index (Phi) is 6.66. The second-order valence-corrected chi connectivity index (χ2v) is 2.93. The van der Waals surface area contributed by atoms with Gasteiger partial charge in [0.25, 0.3) is 0 Å². The SMILES string of the molecule is CCCCOC(=O)/C=C/C(=O)[C@H](C)O. The third-order valence-electron chi connectivity index (χ3n) is 1.54. The number of ketones is 1. The van der Waals surface area contributed by atoms with Gasteiger partial charge in [0.05, 0.1) is 6.61 Å². The normalized spacial score (nSPS) is 12.8. The highest BCUT2D eigenvalue weighted by molar-refractivity contribution is 5.97. The molecule has 0 aliphatic heterocycles. The number of rotatable bonds is 6. The van der Waals surface area contributed by atoms with Crippen molar-refractivity contribution in [3.8, 4) is 0 Å². The highest BCUT2D eigenvalue weighted by atomic mass is 16.5. The van der Waals surface area contributed by atoms with Gasteiger partial charge in [-0.05, 0) is 19.4 Å². The lowest BCUT2D eigenvalue weighted by molar-refractivity contribution is -0.138. The number of hydrogen-bond donors (Lipinski definition) is 1. The van der Waals surface area contributed by atoms with Gasteiger partial charge in [-0.3, -0.25) is 4.79 Å². The summed E-state index contributed by atoms with van der Waals surface area (Å²) in [5.74, 6) is -1.05. The van der Waals surface area contributed by atoms with E-state index < -0.39 is 17.9 Å². The van der Waals surface area contributed by atoms with E-state index in [0.717, 1.165) is 25.0 Å². The molecule has 80 valence electrons. The molecule has 0 amide bonds. The lowest BCUT2D eigenvalue weighted by Crippen LogP contribution is -2.13. The van der Waals surface area contributed by atoms with Gasteiger partial charge in [0, 0.05) is 6.08 Å². The topological polar surface area (TPSA) is 63.6 Å². The van der Waals surface area contributed by atoms with Gasteiger partial charge in [0.1, 0.15) is 6.10 Å². The van der Waals surface area contributed by atoms with Crippen molar-refractivity contribution in [2.75, 3.05) is 6.61 Å². The number of aliphatic hydroxyl groups excluding tert-OH is 1. The summed E-state index contributed by atoms with van der Waals surface area (Å²) in [6, 6.07) is 0. The average Bonchev–Trinajstić information content (AvgIpc) is 2.14. The number of carbonyl (C=O) groups is 2. The summed E-state index contributed by atoms with van der Waals surface area (Å²) in [4.78, 5) is 21.7. The van der Waals surface area contributed by atoms with E-state index >= 15 is 0 Å². The Balaban J connectivity index is 3.76. The van der Waals surface area contributed by atoms with Crippen molar-refractivity contribution in [3.05, 3.63) is 12.2 Å². The van der Waals surface area contributed by atoms with E-state index in [4.69, 9.17) is 9.84 Å². The Hall–Kier alpha value is -1.16. The zero-order valence-corrected chi connectivity index (χ0v) is 8.53. The van der Waals surface area contributed by atoms with Crippen LogP contribution in [0.4, 0.5) is 0 Å². The molecule has 0 aromatic rings. The van der Waals surface area contributed by atoms with Crippen LogP contribution >= 0.6 is 0 Å². The maximum Gasteiger partial charge on any atom is 0.330 e. The number of hydrogen-bond acceptors (Lipinski definition) is 4. The van der Waals surface area contributed by atoms with Crippen molar-refractivity contribution in [2.45, 2.75) is 32.8 Å². The van der Waals surface area contributed by atoms with Crippen LogP contribution in [0.3, 0.4) is 0 Å². The Morgan fingerprint density at radius 2 is 2.07 bits per heavy atom. The fourth-order valence-corrected chi connectivity index (χ4v) is 0.655. The Labute approximate surface area is 83.6 Å². The summed E-state index contributed by atoms with van der Waals surface area (Å²) < 4.78 is 4.75. The molecule has 0 heterocycles. The maximum absolute atomic E-state index is 10.9. The smallest absolute Gasteiger partial charge is 0.330 e. The van der Waals surface area contributed by atoms with Crippen LogP contribution in [-0.2, 0) is 14.3 Å². The lowest BCUT2D eigenvalue weighted by Gasteiger charge is -1.99. The monoisotopic (exact) mass is 200 g/mol. The van der Waals surface area contributed by atoms with Crippen LogP contribution in [0.25, 0.3) is 0 Å². The van der Waals surface area contributed by atoms with Crippen molar-refractivity contribution in [3.63, 3.8) is 0 Å². The van der Waals surface area contributed by atoms with Gasteiger partial charge < -0.3 is 9.84 Å². The molecule has 0 aliphatic rings. The zero-order valence-electron chi connectivity index (χ0n) is 8.53. The third-order valence-corrected chi connectivity index (χ3v) is 1.54. The van der Waals surface area contributed by atoms with Crippen LogP contribution in [0, 0.1) is 0 Å². The van der Waals surface area contributed by atoms with Crippen LogP contribution in [0.5, 0.6) is 0 Å². The quantitative estimate of drug-likeness (QED) is 0.392. The molecule has 4 heteroatoms. The lowest BCUT2D eigenvalue weighted by atomic mass is 10.2. The van der Waals surface area contributed by atoms with Gasteiger partial charge in [0.2, 0.25) is 0 Å². The molecular weight excluding hydrogens is 184 g/mol. The van der Waals surface area contributed by atoms with E-state index in [1.165, 1.54) is 6.92 Å². The minimum absolute atomic E-state index is 0.364. The van der Waals surface area contributed by atoms with E-state index in [-0.39, 0.29) is 0 Å². The molecule has 1 N–H and O–H groups in total. The third kappa shape index (κ3) is 6.37. The number of ether oxygens (including phenoxy) is 1. The fraction of sp³-hybridized carbons (Fsp3) is 0.600.